The lowest BCUT2D eigenvalue weighted by molar-refractivity contribution is 0.0591. The number of aliphatic hydroxyl groups excluding tert-OH is 1. The number of methoxy groups -OCH3 is 1. The van der Waals surface area contributed by atoms with E-state index >= 15 is 0 Å². The highest BCUT2D eigenvalue weighted by Gasteiger charge is 2.17. The van der Waals surface area contributed by atoms with Crippen LogP contribution >= 0.6 is 11.6 Å². The van der Waals surface area contributed by atoms with Crippen molar-refractivity contribution in [1.82, 2.24) is 5.32 Å². The number of benzene rings is 2. The molecule has 0 saturated heterocycles. The van der Waals surface area contributed by atoms with Gasteiger partial charge < -0.3 is 15.2 Å². The molecular weight excluding hydrogens is 317 g/mol. The highest BCUT2D eigenvalue weighted by atomic mass is 35.5. The van der Waals surface area contributed by atoms with Crippen molar-refractivity contribution in [3.63, 3.8) is 0 Å². The second kappa shape index (κ2) is 8.99. The number of hydrogen-bond acceptors (Lipinski definition) is 3. The Hall–Kier alpha value is -1.46. The summed E-state index contributed by atoms with van der Waals surface area (Å²) in [7, 11) is 1.56. The van der Waals surface area contributed by atoms with Crippen LogP contribution in [0.25, 0.3) is 0 Å². The van der Waals surface area contributed by atoms with Gasteiger partial charge in [-0.15, -0.1) is 0 Å². The van der Waals surface area contributed by atoms with Crippen LogP contribution in [0.15, 0.2) is 48.5 Å². The average Bonchev–Trinajstić information content (AvgIpc) is 2.54. The lowest BCUT2D eigenvalue weighted by Gasteiger charge is -2.22. The van der Waals surface area contributed by atoms with Crippen LogP contribution in [-0.4, -0.2) is 31.5 Å². The normalized spacial score (nSPS) is 13.7. The molecule has 0 aliphatic carbocycles. The standard InChI is InChI=1S/C18H21ClFNO2/c1-23-12-15(22)10-11-21-18(13-6-8-14(20)9-7-13)16-4-2-3-5-17(16)19/h2-9,15,18,21-22H,10-12H2,1H3. The van der Waals surface area contributed by atoms with E-state index in [1.165, 1.54) is 12.1 Å². The molecular formula is C18H21ClFNO2. The van der Waals surface area contributed by atoms with E-state index in [4.69, 9.17) is 16.3 Å². The molecule has 0 aliphatic heterocycles. The largest absolute Gasteiger partial charge is 0.391 e. The van der Waals surface area contributed by atoms with Crippen molar-refractivity contribution in [2.45, 2.75) is 18.6 Å². The summed E-state index contributed by atoms with van der Waals surface area (Å²) < 4.78 is 18.1. The van der Waals surface area contributed by atoms with Crippen molar-refractivity contribution in [1.29, 1.82) is 0 Å². The summed E-state index contributed by atoms with van der Waals surface area (Å²) in [6.45, 7) is 0.882. The van der Waals surface area contributed by atoms with Gasteiger partial charge in [0.15, 0.2) is 0 Å². The highest BCUT2D eigenvalue weighted by Crippen LogP contribution is 2.28. The zero-order valence-electron chi connectivity index (χ0n) is 13.0. The third kappa shape index (κ3) is 5.29. The quantitative estimate of drug-likeness (QED) is 0.774. The molecule has 2 rings (SSSR count). The third-order valence-corrected chi connectivity index (χ3v) is 3.95. The van der Waals surface area contributed by atoms with Crippen LogP contribution in [0.3, 0.4) is 0 Å². The van der Waals surface area contributed by atoms with E-state index in [0.717, 1.165) is 11.1 Å². The Kier molecular flexibility index (Phi) is 6.99. The molecule has 2 N–H and O–H groups in total. The van der Waals surface area contributed by atoms with Gasteiger partial charge >= 0.3 is 0 Å². The van der Waals surface area contributed by atoms with E-state index in [1.54, 1.807) is 19.2 Å². The summed E-state index contributed by atoms with van der Waals surface area (Å²) in [6.07, 6.45) is 0.0308. The molecule has 0 radical (unpaired) electrons. The molecule has 5 heteroatoms. The molecule has 0 bridgehead atoms. The summed E-state index contributed by atoms with van der Waals surface area (Å²) in [6, 6.07) is 13.7. The Balaban J connectivity index is 2.15. The molecule has 0 fully saturated rings. The zero-order valence-corrected chi connectivity index (χ0v) is 13.8. The van der Waals surface area contributed by atoms with Crippen LogP contribution < -0.4 is 5.32 Å². The first-order valence-corrected chi connectivity index (χ1v) is 7.90. The lowest BCUT2D eigenvalue weighted by atomic mass is 9.98. The molecule has 0 aliphatic rings. The summed E-state index contributed by atoms with van der Waals surface area (Å²) >= 11 is 6.31. The molecule has 0 saturated carbocycles. The summed E-state index contributed by atoms with van der Waals surface area (Å²) in [5.41, 5.74) is 1.84. The number of rotatable bonds is 8. The third-order valence-electron chi connectivity index (χ3n) is 3.60. The first-order valence-electron chi connectivity index (χ1n) is 7.52. The molecule has 2 atom stereocenters. The minimum absolute atomic E-state index is 0.168. The molecule has 0 heterocycles. The van der Waals surface area contributed by atoms with E-state index in [2.05, 4.69) is 5.32 Å². The Morgan fingerprint density at radius 2 is 1.87 bits per heavy atom. The van der Waals surface area contributed by atoms with Gasteiger partial charge in [0, 0.05) is 12.1 Å². The topological polar surface area (TPSA) is 41.5 Å². The van der Waals surface area contributed by atoms with Crippen LogP contribution in [-0.2, 0) is 4.74 Å². The maximum Gasteiger partial charge on any atom is 0.123 e. The van der Waals surface area contributed by atoms with Crippen LogP contribution in [0, 0.1) is 5.82 Å². The summed E-state index contributed by atoms with van der Waals surface area (Å²) in [5, 5.41) is 13.8. The van der Waals surface area contributed by atoms with Gasteiger partial charge in [0.05, 0.1) is 18.8 Å². The number of halogens is 2. The Bertz CT molecular complexity index is 606. The maximum absolute atomic E-state index is 13.2. The smallest absolute Gasteiger partial charge is 0.123 e. The van der Waals surface area contributed by atoms with Crippen molar-refractivity contribution >= 4 is 11.6 Å². The van der Waals surface area contributed by atoms with Gasteiger partial charge in [0.1, 0.15) is 5.82 Å². The van der Waals surface area contributed by atoms with Crippen molar-refractivity contribution < 1.29 is 14.2 Å². The Morgan fingerprint density at radius 3 is 2.52 bits per heavy atom. The first-order chi connectivity index (χ1) is 11.1. The predicted octanol–water partition coefficient (Wildman–Crippen LogP) is 3.56. The number of nitrogens with one attached hydrogen (secondary N) is 1. The Morgan fingerprint density at radius 1 is 1.17 bits per heavy atom. The molecule has 23 heavy (non-hydrogen) atoms. The van der Waals surface area contributed by atoms with E-state index in [1.807, 2.05) is 24.3 Å². The van der Waals surface area contributed by atoms with Crippen LogP contribution in [0.4, 0.5) is 4.39 Å². The monoisotopic (exact) mass is 337 g/mol. The van der Waals surface area contributed by atoms with Gasteiger partial charge in [-0.3, -0.25) is 0 Å². The molecule has 2 aromatic carbocycles. The average molecular weight is 338 g/mol. The van der Waals surface area contributed by atoms with Crippen LogP contribution in [0.1, 0.15) is 23.6 Å². The highest BCUT2D eigenvalue weighted by molar-refractivity contribution is 6.31. The van der Waals surface area contributed by atoms with Gasteiger partial charge in [-0.1, -0.05) is 41.9 Å². The summed E-state index contributed by atoms with van der Waals surface area (Å²) in [5.74, 6) is -0.276. The molecule has 2 unspecified atom stereocenters. The summed E-state index contributed by atoms with van der Waals surface area (Å²) in [4.78, 5) is 0. The molecule has 0 amide bonds. The molecule has 0 spiro atoms. The van der Waals surface area contributed by atoms with Crippen molar-refractivity contribution in [3.05, 3.63) is 70.5 Å². The van der Waals surface area contributed by atoms with Crippen LogP contribution in [0.2, 0.25) is 5.02 Å². The molecule has 0 aromatic heterocycles. The van der Waals surface area contributed by atoms with Gasteiger partial charge in [0.25, 0.3) is 0 Å². The van der Waals surface area contributed by atoms with Crippen molar-refractivity contribution in [2.24, 2.45) is 0 Å². The van der Waals surface area contributed by atoms with Gasteiger partial charge in [-0.05, 0) is 42.3 Å². The van der Waals surface area contributed by atoms with E-state index < -0.39 is 6.10 Å². The Labute approximate surface area is 141 Å². The number of aliphatic hydroxyl groups is 1. The number of ether oxygens (including phenoxy) is 1. The fraction of sp³-hybridized carbons (Fsp3) is 0.333. The molecule has 124 valence electrons. The fourth-order valence-electron chi connectivity index (χ4n) is 2.44. The van der Waals surface area contributed by atoms with Gasteiger partial charge in [0.2, 0.25) is 0 Å². The lowest BCUT2D eigenvalue weighted by Crippen LogP contribution is -2.27. The predicted molar refractivity (Wildman–Crippen MR) is 90.2 cm³/mol. The van der Waals surface area contributed by atoms with Crippen molar-refractivity contribution in [3.8, 4) is 0 Å². The minimum Gasteiger partial charge on any atom is -0.391 e. The molecule has 3 nitrogen and oxygen atoms in total. The first kappa shape index (κ1) is 17.9. The fourth-order valence-corrected chi connectivity index (χ4v) is 2.69. The van der Waals surface area contributed by atoms with E-state index in [-0.39, 0.29) is 11.9 Å². The van der Waals surface area contributed by atoms with E-state index in [9.17, 15) is 9.50 Å². The van der Waals surface area contributed by atoms with Gasteiger partial charge in [-0.25, -0.2) is 4.39 Å². The second-order valence-electron chi connectivity index (χ2n) is 5.36. The maximum atomic E-state index is 13.2. The number of hydrogen-bond donors (Lipinski definition) is 2. The molecule has 2 aromatic rings. The van der Waals surface area contributed by atoms with Crippen molar-refractivity contribution in [2.75, 3.05) is 20.3 Å². The second-order valence-corrected chi connectivity index (χ2v) is 5.77. The van der Waals surface area contributed by atoms with Gasteiger partial charge in [-0.2, -0.15) is 0 Å². The van der Waals surface area contributed by atoms with E-state index in [0.29, 0.717) is 24.6 Å². The SMILES string of the molecule is COCC(O)CCNC(c1ccc(F)cc1)c1ccccc1Cl. The van der Waals surface area contributed by atoms with Crippen LogP contribution in [0.5, 0.6) is 0 Å². The zero-order chi connectivity index (χ0) is 16.7. The minimum atomic E-state index is -0.521.